The maximum Gasteiger partial charge on any atom is 0.319 e. The molecule has 0 aliphatic heterocycles. The summed E-state index contributed by atoms with van der Waals surface area (Å²) in [5, 5.41) is 16.2. The van der Waals surface area contributed by atoms with E-state index < -0.39 is 4.92 Å². The Balaban J connectivity index is 2.17. The molecule has 0 spiro atoms. The molecular weight excluding hydrogens is 302 g/mol. The number of benzene rings is 1. The Morgan fingerprint density at radius 2 is 2.17 bits per heavy atom. The van der Waals surface area contributed by atoms with Crippen LogP contribution in [0.25, 0.3) is 0 Å². The number of nitrogens with zero attached hydrogens (tertiary/aromatic N) is 1. The molecule has 0 atom stereocenters. The molecule has 1 aliphatic carbocycles. The van der Waals surface area contributed by atoms with E-state index in [4.69, 9.17) is 0 Å². The molecule has 2 rings (SSSR count). The molecule has 96 valence electrons. The van der Waals surface area contributed by atoms with Crippen LogP contribution in [-0.4, -0.2) is 17.0 Å². The van der Waals surface area contributed by atoms with Crippen LogP contribution in [-0.2, 0) is 0 Å². The summed E-state index contributed by atoms with van der Waals surface area (Å²) in [6.07, 6.45) is 1.98. The third-order valence-corrected chi connectivity index (χ3v) is 3.30. The minimum atomic E-state index is -0.467. The average Bonchev–Trinajstić information content (AvgIpc) is 3.05. The monoisotopic (exact) mass is 313 g/mol. The van der Waals surface area contributed by atoms with Crippen molar-refractivity contribution in [1.29, 1.82) is 0 Å². The number of aryl methyl sites for hydroxylation is 1. The van der Waals surface area contributed by atoms with Gasteiger partial charge in [0.1, 0.15) is 0 Å². The Bertz CT molecular complexity index is 515. The number of rotatable bonds is 3. The smallest absolute Gasteiger partial charge is 0.319 e. The molecule has 1 saturated carbocycles. The zero-order chi connectivity index (χ0) is 13.3. The van der Waals surface area contributed by atoms with Crippen LogP contribution in [0.15, 0.2) is 16.6 Å². The van der Waals surface area contributed by atoms with Gasteiger partial charge in [-0.1, -0.05) is 0 Å². The van der Waals surface area contributed by atoms with Crippen molar-refractivity contribution in [3.05, 3.63) is 32.3 Å². The Morgan fingerprint density at radius 1 is 1.50 bits per heavy atom. The molecule has 1 aromatic rings. The number of hydrogen-bond donors (Lipinski definition) is 2. The molecule has 18 heavy (non-hydrogen) atoms. The highest BCUT2D eigenvalue weighted by Gasteiger charge is 2.24. The van der Waals surface area contributed by atoms with Crippen molar-refractivity contribution in [1.82, 2.24) is 5.32 Å². The minimum Gasteiger partial charge on any atom is -0.335 e. The summed E-state index contributed by atoms with van der Waals surface area (Å²) in [5.41, 5.74) is 0.922. The minimum absolute atomic E-state index is 0.0140. The van der Waals surface area contributed by atoms with E-state index in [9.17, 15) is 14.9 Å². The summed E-state index contributed by atoms with van der Waals surface area (Å²) < 4.78 is 0.622. The molecule has 0 saturated heterocycles. The number of anilines is 1. The Labute approximate surface area is 112 Å². The summed E-state index contributed by atoms with van der Waals surface area (Å²) in [6, 6.07) is 2.87. The summed E-state index contributed by atoms with van der Waals surface area (Å²) in [7, 11) is 0. The van der Waals surface area contributed by atoms with Crippen molar-refractivity contribution in [3.8, 4) is 0 Å². The highest BCUT2D eigenvalue weighted by atomic mass is 79.9. The molecule has 0 bridgehead atoms. The predicted molar refractivity (Wildman–Crippen MR) is 70.7 cm³/mol. The van der Waals surface area contributed by atoms with Gasteiger partial charge in [0.2, 0.25) is 0 Å². The molecule has 7 heteroatoms. The van der Waals surface area contributed by atoms with Gasteiger partial charge in [-0.15, -0.1) is 0 Å². The van der Waals surface area contributed by atoms with Crippen molar-refractivity contribution in [2.45, 2.75) is 25.8 Å². The van der Waals surface area contributed by atoms with Gasteiger partial charge in [0.05, 0.1) is 10.6 Å². The van der Waals surface area contributed by atoms with Crippen molar-refractivity contribution >= 4 is 33.3 Å². The van der Waals surface area contributed by atoms with Crippen LogP contribution < -0.4 is 10.6 Å². The lowest BCUT2D eigenvalue weighted by atomic mass is 10.2. The van der Waals surface area contributed by atoms with E-state index in [2.05, 4.69) is 26.6 Å². The fourth-order valence-electron chi connectivity index (χ4n) is 1.53. The molecular formula is C11H12BrN3O3. The summed E-state index contributed by atoms with van der Waals surface area (Å²) in [5.74, 6) is 0. The van der Waals surface area contributed by atoms with Crippen LogP contribution in [0.3, 0.4) is 0 Å². The summed E-state index contributed by atoms with van der Waals surface area (Å²) in [6.45, 7) is 1.65. The van der Waals surface area contributed by atoms with Gasteiger partial charge in [-0.05, 0) is 41.8 Å². The molecule has 1 aliphatic rings. The number of nitrogens with one attached hydrogen (secondary N) is 2. The lowest BCUT2D eigenvalue weighted by Gasteiger charge is -2.09. The number of hydrogen-bond acceptors (Lipinski definition) is 3. The molecule has 1 fully saturated rings. The van der Waals surface area contributed by atoms with Crippen LogP contribution in [0.4, 0.5) is 16.2 Å². The second-order valence-electron chi connectivity index (χ2n) is 4.25. The number of nitro groups is 1. The van der Waals surface area contributed by atoms with E-state index in [0.29, 0.717) is 15.7 Å². The standard InChI is InChI=1S/C11H12BrN3O3/c1-6-4-8(12)9(5-10(6)15(17)18)14-11(16)13-7-2-3-7/h4-5,7H,2-3H2,1H3,(H2,13,14,16). The van der Waals surface area contributed by atoms with Gasteiger partial charge < -0.3 is 10.6 Å². The topological polar surface area (TPSA) is 84.3 Å². The van der Waals surface area contributed by atoms with Gasteiger partial charge >= 0.3 is 6.03 Å². The Hall–Kier alpha value is -1.63. The van der Waals surface area contributed by atoms with Crippen LogP contribution in [0, 0.1) is 17.0 Å². The van der Waals surface area contributed by atoms with Crippen LogP contribution in [0.5, 0.6) is 0 Å². The van der Waals surface area contributed by atoms with Gasteiger partial charge in [-0.3, -0.25) is 10.1 Å². The highest BCUT2D eigenvalue weighted by Crippen LogP contribution is 2.30. The molecule has 2 amide bonds. The molecule has 0 radical (unpaired) electrons. The van der Waals surface area contributed by atoms with Crippen molar-refractivity contribution < 1.29 is 9.72 Å². The third-order valence-electron chi connectivity index (χ3n) is 2.64. The zero-order valence-corrected chi connectivity index (χ0v) is 11.3. The van der Waals surface area contributed by atoms with Crippen molar-refractivity contribution in [2.24, 2.45) is 0 Å². The number of nitro benzene ring substituents is 1. The zero-order valence-electron chi connectivity index (χ0n) is 9.70. The molecule has 0 heterocycles. The summed E-state index contributed by atoms with van der Waals surface area (Å²) >= 11 is 3.28. The molecule has 0 unspecified atom stereocenters. The number of halogens is 1. The fraction of sp³-hybridized carbons (Fsp3) is 0.364. The Kier molecular flexibility index (Phi) is 3.51. The lowest BCUT2D eigenvalue weighted by molar-refractivity contribution is -0.385. The molecule has 6 nitrogen and oxygen atoms in total. The quantitative estimate of drug-likeness (QED) is 0.664. The molecule has 0 aromatic heterocycles. The summed E-state index contributed by atoms with van der Waals surface area (Å²) in [4.78, 5) is 21.9. The number of amides is 2. The first-order valence-corrected chi connectivity index (χ1v) is 6.28. The molecule has 2 N–H and O–H groups in total. The van der Waals surface area contributed by atoms with E-state index >= 15 is 0 Å². The maximum atomic E-state index is 11.6. The second kappa shape index (κ2) is 4.93. The van der Waals surface area contributed by atoms with Crippen molar-refractivity contribution in [2.75, 3.05) is 5.32 Å². The SMILES string of the molecule is Cc1cc(Br)c(NC(=O)NC2CC2)cc1[N+](=O)[O-]. The molecule has 1 aromatic carbocycles. The van der Waals surface area contributed by atoms with Crippen LogP contribution in [0.2, 0.25) is 0 Å². The van der Waals surface area contributed by atoms with Gasteiger partial charge in [-0.2, -0.15) is 0 Å². The fourth-order valence-corrected chi connectivity index (χ4v) is 2.08. The van der Waals surface area contributed by atoms with Gasteiger partial charge in [-0.25, -0.2) is 4.79 Å². The number of carbonyl (C=O) groups excluding carboxylic acids is 1. The first-order valence-electron chi connectivity index (χ1n) is 5.49. The average molecular weight is 314 g/mol. The van der Waals surface area contributed by atoms with E-state index in [1.807, 2.05) is 0 Å². The second-order valence-corrected chi connectivity index (χ2v) is 5.10. The van der Waals surface area contributed by atoms with Crippen LogP contribution in [0.1, 0.15) is 18.4 Å². The number of carbonyl (C=O) groups is 1. The highest BCUT2D eigenvalue weighted by molar-refractivity contribution is 9.10. The maximum absolute atomic E-state index is 11.6. The van der Waals surface area contributed by atoms with Gasteiger partial charge in [0, 0.05) is 22.1 Å². The van der Waals surface area contributed by atoms with Gasteiger partial charge in [0.25, 0.3) is 5.69 Å². The van der Waals surface area contributed by atoms with E-state index in [0.717, 1.165) is 12.8 Å². The van der Waals surface area contributed by atoms with E-state index in [1.165, 1.54) is 6.07 Å². The predicted octanol–water partition coefficient (Wildman–Crippen LogP) is 2.95. The third kappa shape index (κ3) is 2.98. The first-order chi connectivity index (χ1) is 8.47. The largest absolute Gasteiger partial charge is 0.335 e. The van der Waals surface area contributed by atoms with Gasteiger partial charge in [0.15, 0.2) is 0 Å². The van der Waals surface area contributed by atoms with Crippen LogP contribution >= 0.6 is 15.9 Å². The van der Waals surface area contributed by atoms with E-state index in [-0.39, 0.29) is 17.8 Å². The normalized spacial score (nSPS) is 14.1. The van der Waals surface area contributed by atoms with Crippen molar-refractivity contribution in [3.63, 3.8) is 0 Å². The number of urea groups is 1. The lowest BCUT2D eigenvalue weighted by Crippen LogP contribution is -2.30. The Morgan fingerprint density at radius 3 is 2.72 bits per heavy atom. The first kappa shape index (κ1) is 12.8. The van der Waals surface area contributed by atoms with E-state index in [1.54, 1.807) is 13.0 Å².